The van der Waals surface area contributed by atoms with Gasteiger partial charge in [-0.15, -0.1) is 11.8 Å². The summed E-state index contributed by atoms with van der Waals surface area (Å²) in [5.74, 6) is -1.11. The van der Waals surface area contributed by atoms with Crippen LogP contribution in [0.5, 0.6) is 0 Å². The molecular weight excluding hydrogens is 394 g/mol. The largest absolute Gasteiger partial charge is 0.359 e. The number of nitrogens with one attached hydrogen (secondary N) is 2. The van der Waals surface area contributed by atoms with Gasteiger partial charge in [0.05, 0.1) is 4.91 Å². The lowest BCUT2D eigenvalue weighted by atomic mass is 9.99. The standard InChI is InChI=1S/C20H19N3O5S/c24-12-21-9-5-2-6-10-29-15-11-14(25)19-16(18(15)26)17(23-28-19)20(27)22-13-7-3-1-4-8-13/h1,3-4,7-8,11-12H,2,5-6,9-10H2,(H,21,24)(H,22,27). The van der Waals surface area contributed by atoms with Crippen LogP contribution in [0.1, 0.15) is 50.7 Å². The number of aromatic nitrogens is 1. The van der Waals surface area contributed by atoms with Crippen LogP contribution in [-0.4, -0.2) is 41.3 Å². The summed E-state index contributed by atoms with van der Waals surface area (Å²) in [6, 6.07) is 8.72. The van der Waals surface area contributed by atoms with Crippen LogP contribution in [0.15, 0.2) is 45.8 Å². The lowest BCUT2D eigenvalue weighted by Gasteiger charge is -2.11. The summed E-state index contributed by atoms with van der Waals surface area (Å²) < 4.78 is 4.99. The van der Waals surface area contributed by atoms with Gasteiger partial charge in [0.25, 0.3) is 5.91 Å². The number of para-hydroxylation sites is 1. The maximum atomic E-state index is 12.8. The van der Waals surface area contributed by atoms with Crippen molar-refractivity contribution in [1.29, 1.82) is 0 Å². The van der Waals surface area contributed by atoms with E-state index in [1.807, 2.05) is 6.07 Å². The third-order valence-corrected chi connectivity index (χ3v) is 5.29. The Morgan fingerprint density at radius 2 is 1.93 bits per heavy atom. The average Bonchev–Trinajstić information content (AvgIpc) is 3.18. The SMILES string of the molecule is O=CNCCCCCSC1=CC(=O)c2onc(C(=O)Nc3ccccc3)c2C1=O. The molecule has 0 radical (unpaired) electrons. The minimum atomic E-state index is -0.615. The number of hydrogen-bond acceptors (Lipinski definition) is 7. The van der Waals surface area contributed by atoms with Gasteiger partial charge in [0, 0.05) is 18.3 Å². The van der Waals surface area contributed by atoms with Crippen molar-refractivity contribution in [3.05, 3.63) is 58.3 Å². The molecule has 1 aliphatic carbocycles. The van der Waals surface area contributed by atoms with E-state index in [0.29, 0.717) is 24.4 Å². The molecule has 0 spiro atoms. The molecule has 3 rings (SSSR count). The number of ketones is 2. The number of benzene rings is 1. The Labute approximate surface area is 171 Å². The lowest BCUT2D eigenvalue weighted by Crippen LogP contribution is -2.20. The number of nitrogens with zero attached hydrogens (tertiary/aromatic N) is 1. The van der Waals surface area contributed by atoms with Crippen molar-refractivity contribution < 1.29 is 23.7 Å². The smallest absolute Gasteiger partial charge is 0.278 e. The number of anilines is 1. The first-order valence-electron chi connectivity index (χ1n) is 9.08. The second-order valence-electron chi connectivity index (χ2n) is 6.24. The first-order chi connectivity index (χ1) is 14.1. The highest BCUT2D eigenvalue weighted by molar-refractivity contribution is 8.04. The predicted octanol–water partition coefficient (Wildman–Crippen LogP) is 2.84. The normalized spacial score (nSPS) is 12.9. The molecule has 1 heterocycles. The van der Waals surface area contributed by atoms with Crippen LogP contribution in [0, 0.1) is 0 Å². The van der Waals surface area contributed by atoms with E-state index in [0.717, 1.165) is 19.3 Å². The highest BCUT2D eigenvalue weighted by atomic mass is 32.2. The van der Waals surface area contributed by atoms with Crippen molar-refractivity contribution in [2.45, 2.75) is 19.3 Å². The molecule has 0 aliphatic heterocycles. The molecule has 0 saturated heterocycles. The molecule has 1 aromatic heterocycles. The molecule has 0 fully saturated rings. The van der Waals surface area contributed by atoms with E-state index in [-0.39, 0.29) is 21.9 Å². The van der Waals surface area contributed by atoms with E-state index in [2.05, 4.69) is 15.8 Å². The zero-order chi connectivity index (χ0) is 20.6. The molecule has 2 N–H and O–H groups in total. The van der Waals surface area contributed by atoms with E-state index in [1.165, 1.54) is 17.8 Å². The summed E-state index contributed by atoms with van der Waals surface area (Å²) in [4.78, 5) is 48.1. The van der Waals surface area contributed by atoms with Gasteiger partial charge in [-0.2, -0.15) is 0 Å². The first-order valence-corrected chi connectivity index (χ1v) is 10.1. The monoisotopic (exact) mass is 413 g/mol. The number of Topliss-reactive ketones (excluding diaryl/α,β-unsaturated/α-hetero) is 1. The van der Waals surface area contributed by atoms with Gasteiger partial charge in [0.1, 0.15) is 5.56 Å². The molecule has 0 atom stereocenters. The molecule has 29 heavy (non-hydrogen) atoms. The van der Waals surface area contributed by atoms with Gasteiger partial charge >= 0.3 is 0 Å². The number of amides is 2. The number of thioether (sulfide) groups is 1. The molecule has 150 valence electrons. The first kappa shape index (κ1) is 20.5. The van der Waals surface area contributed by atoms with E-state index < -0.39 is 17.5 Å². The van der Waals surface area contributed by atoms with Crippen LogP contribution in [0.2, 0.25) is 0 Å². The lowest BCUT2D eigenvalue weighted by molar-refractivity contribution is -0.109. The van der Waals surface area contributed by atoms with Gasteiger partial charge in [-0.25, -0.2) is 0 Å². The van der Waals surface area contributed by atoms with E-state index in [9.17, 15) is 19.2 Å². The van der Waals surface area contributed by atoms with Gasteiger partial charge in [-0.1, -0.05) is 29.8 Å². The van der Waals surface area contributed by atoms with E-state index in [4.69, 9.17) is 4.52 Å². The fourth-order valence-electron chi connectivity index (χ4n) is 2.76. The second-order valence-corrected chi connectivity index (χ2v) is 7.38. The summed E-state index contributed by atoms with van der Waals surface area (Å²) in [7, 11) is 0. The molecule has 2 aromatic rings. The van der Waals surface area contributed by atoms with Crippen molar-refractivity contribution >= 4 is 41.3 Å². The van der Waals surface area contributed by atoms with Gasteiger partial charge in [-0.3, -0.25) is 19.2 Å². The second kappa shape index (κ2) is 9.83. The molecule has 0 unspecified atom stereocenters. The van der Waals surface area contributed by atoms with Crippen LogP contribution in [0.3, 0.4) is 0 Å². The Morgan fingerprint density at radius 1 is 1.14 bits per heavy atom. The summed E-state index contributed by atoms with van der Waals surface area (Å²) in [6.45, 7) is 0.609. The molecular formula is C20H19N3O5S. The summed E-state index contributed by atoms with van der Waals surface area (Å²) >= 11 is 1.26. The number of rotatable bonds is 10. The summed E-state index contributed by atoms with van der Waals surface area (Å²) in [5.41, 5.74) is 0.245. The van der Waals surface area contributed by atoms with Gasteiger partial charge < -0.3 is 15.2 Å². The quantitative estimate of drug-likeness (QED) is 0.454. The highest BCUT2D eigenvalue weighted by Gasteiger charge is 2.36. The molecule has 0 bridgehead atoms. The molecule has 1 aliphatic rings. The number of carbonyl (C=O) groups is 4. The minimum Gasteiger partial charge on any atom is -0.359 e. The van der Waals surface area contributed by atoms with Crippen molar-refractivity contribution in [2.75, 3.05) is 17.6 Å². The zero-order valence-corrected chi connectivity index (χ0v) is 16.3. The third kappa shape index (κ3) is 5.00. The summed E-state index contributed by atoms with van der Waals surface area (Å²) in [5, 5.41) is 8.89. The number of carbonyl (C=O) groups excluding carboxylic acids is 4. The maximum absolute atomic E-state index is 12.8. The van der Waals surface area contributed by atoms with Gasteiger partial charge in [-0.05, 0) is 30.7 Å². The zero-order valence-electron chi connectivity index (χ0n) is 15.5. The van der Waals surface area contributed by atoms with Crippen LogP contribution >= 0.6 is 11.8 Å². The third-order valence-electron chi connectivity index (χ3n) is 4.18. The van der Waals surface area contributed by atoms with E-state index in [1.54, 1.807) is 24.3 Å². The van der Waals surface area contributed by atoms with Crippen molar-refractivity contribution in [2.24, 2.45) is 0 Å². The van der Waals surface area contributed by atoms with Crippen LogP contribution in [0.25, 0.3) is 0 Å². The predicted molar refractivity (Wildman–Crippen MR) is 108 cm³/mol. The highest BCUT2D eigenvalue weighted by Crippen LogP contribution is 2.31. The Hall–Kier alpha value is -3.20. The van der Waals surface area contributed by atoms with Crippen LogP contribution in [-0.2, 0) is 4.79 Å². The summed E-state index contributed by atoms with van der Waals surface area (Å²) in [6.07, 6.45) is 4.43. The molecule has 9 heteroatoms. The molecule has 0 saturated carbocycles. The molecule has 8 nitrogen and oxygen atoms in total. The number of allylic oxidation sites excluding steroid dienone is 2. The van der Waals surface area contributed by atoms with Crippen LogP contribution < -0.4 is 10.6 Å². The maximum Gasteiger partial charge on any atom is 0.278 e. The Balaban J connectivity index is 1.65. The van der Waals surface area contributed by atoms with Crippen molar-refractivity contribution in [3.8, 4) is 0 Å². The average molecular weight is 413 g/mol. The number of fused-ring (bicyclic) bond motifs is 1. The minimum absolute atomic E-state index is 0.0939. The number of unbranched alkanes of at least 4 members (excludes halogenated alkanes) is 2. The van der Waals surface area contributed by atoms with Gasteiger partial charge in [0.15, 0.2) is 5.69 Å². The fraction of sp³-hybridized carbons (Fsp3) is 0.250. The number of hydrogen-bond donors (Lipinski definition) is 2. The van der Waals surface area contributed by atoms with Gasteiger partial charge in [0.2, 0.25) is 23.7 Å². The van der Waals surface area contributed by atoms with Crippen molar-refractivity contribution in [3.63, 3.8) is 0 Å². The van der Waals surface area contributed by atoms with E-state index >= 15 is 0 Å². The molecule has 2 amide bonds. The Kier molecular flexibility index (Phi) is 6.96. The Bertz CT molecular complexity index is 952. The topological polar surface area (TPSA) is 118 Å². The van der Waals surface area contributed by atoms with Crippen molar-refractivity contribution in [1.82, 2.24) is 10.5 Å². The fourth-order valence-corrected chi connectivity index (χ4v) is 3.76. The Morgan fingerprint density at radius 3 is 2.69 bits per heavy atom. The van der Waals surface area contributed by atoms with Crippen LogP contribution in [0.4, 0.5) is 5.69 Å². The molecule has 1 aromatic carbocycles.